The summed E-state index contributed by atoms with van der Waals surface area (Å²) in [6.07, 6.45) is 0. The summed E-state index contributed by atoms with van der Waals surface area (Å²) in [5.74, 6) is 0. The van der Waals surface area contributed by atoms with Crippen molar-refractivity contribution in [3.05, 3.63) is 32.8 Å². The molecule has 0 radical (unpaired) electrons. The summed E-state index contributed by atoms with van der Waals surface area (Å²) >= 11 is 3.63. The zero-order valence-electron chi connectivity index (χ0n) is 12.2. The summed E-state index contributed by atoms with van der Waals surface area (Å²) in [6.45, 7) is 9.93. The van der Waals surface area contributed by atoms with E-state index >= 15 is 0 Å². The maximum Gasteiger partial charge on any atom is 0.106 e. The summed E-state index contributed by atoms with van der Waals surface area (Å²) in [5, 5.41) is 0. The van der Waals surface area contributed by atoms with Gasteiger partial charge in [0.25, 0.3) is 0 Å². The maximum atomic E-state index is 4.68. The Balaban J connectivity index is 2.60. The second-order valence-electron chi connectivity index (χ2n) is 5.12. The van der Waals surface area contributed by atoms with Gasteiger partial charge in [-0.2, -0.15) is 0 Å². The topological polar surface area (TPSA) is 51.6 Å². The third kappa shape index (κ3) is 1.80. The van der Waals surface area contributed by atoms with Gasteiger partial charge in [-0.25, -0.2) is 19.9 Å². The molecular formula is C15H15BrN4. The smallest absolute Gasteiger partial charge is 0.106 e. The van der Waals surface area contributed by atoms with Gasteiger partial charge in [-0.1, -0.05) is 0 Å². The quantitative estimate of drug-likeness (QED) is 0.587. The van der Waals surface area contributed by atoms with Crippen LogP contribution in [0.1, 0.15) is 28.3 Å². The third-order valence-electron chi connectivity index (χ3n) is 3.74. The van der Waals surface area contributed by atoms with Crippen LogP contribution in [0.3, 0.4) is 0 Å². The number of aryl methyl sites for hydroxylation is 5. The second-order valence-corrected chi connectivity index (χ2v) is 5.92. The van der Waals surface area contributed by atoms with Crippen molar-refractivity contribution in [1.29, 1.82) is 0 Å². The summed E-state index contributed by atoms with van der Waals surface area (Å²) in [6, 6.07) is 0. The van der Waals surface area contributed by atoms with Crippen molar-refractivity contribution in [1.82, 2.24) is 19.9 Å². The molecule has 2 aromatic heterocycles. The van der Waals surface area contributed by atoms with Crippen LogP contribution >= 0.6 is 15.9 Å². The second kappa shape index (κ2) is 4.45. The molecule has 0 atom stereocenters. The molecule has 0 saturated carbocycles. The van der Waals surface area contributed by atoms with Crippen LogP contribution in [-0.4, -0.2) is 19.9 Å². The first-order valence-electron chi connectivity index (χ1n) is 6.48. The van der Waals surface area contributed by atoms with Crippen molar-refractivity contribution in [2.45, 2.75) is 34.6 Å². The number of halogens is 1. The molecule has 0 aliphatic carbocycles. The van der Waals surface area contributed by atoms with E-state index in [0.717, 1.165) is 54.9 Å². The summed E-state index contributed by atoms with van der Waals surface area (Å²) in [7, 11) is 0. The highest BCUT2D eigenvalue weighted by atomic mass is 79.9. The first kappa shape index (κ1) is 13.4. The van der Waals surface area contributed by atoms with E-state index < -0.39 is 0 Å². The van der Waals surface area contributed by atoms with Crippen molar-refractivity contribution in [3.63, 3.8) is 0 Å². The Bertz CT molecular complexity index is 730. The molecule has 3 aromatic rings. The highest BCUT2D eigenvalue weighted by Crippen LogP contribution is 2.33. The van der Waals surface area contributed by atoms with Crippen molar-refractivity contribution >= 4 is 38.0 Å². The van der Waals surface area contributed by atoms with Gasteiger partial charge in [0.2, 0.25) is 0 Å². The molecule has 0 saturated heterocycles. The number of hydrogen-bond acceptors (Lipinski definition) is 4. The van der Waals surface area contributed by atoms with Gasteiger partial charge in [0.05, 0.1) is 38.3 Å². The molecule has 0 amide bonds. The summed E-state index contributed by atoms with van der Waals surface area (Å²) in [4.78, 5) is 18.7. The minimum atomic E-state index is 0.857. The molecule has 5 heteroatoms. The van der Waals surface area contributed by atoms with Crippen LogP contribution in [0.15, 0.2) is 4.47 Å². The zero-order valence-corrected chi connectivity index (χ0v) is 13.8. The summed E-state index contributed by atoms with van der Waals surface area (Å²) in [5.41, 5.74) is 8.31. The fourth-order valence-corrected chi connectivity index (χ4v) is 2.81. The molecule has 3 rings (SSSR count). The van der Waals surface area contributed by atoms with Gasteiger partial charge in [0.15, 0.2) is 0 Å². The molecule has 1 aromatic carbocycles. The average Bonchev–Trinajstić information content (AvgIpc) is 2.41. The van der Waals surface area contributed by atoms with Crippen LogP contribution in [0.2, 0.25) is 0 Å². The van der Waals surface area contributed by atoms with Crippen LogP contribution in [0.5, 0.6) is 0 Å². The fourth-order valence-electron chi connectivity index (χ4n) is 2.26. The van der Waals surface area contributed by atoms with Crippen molar-refractivity contribution in [2.75, 3.05) is 0 Å². The average molecular weight is 331 g/mol. The Morgan fingerprint density at radius 3 is 1.20 bits per heavy atom. The highest BCUT2D eigenvalue weighted by molar-refractivity contribution is 9.10. The highest BCUT2D eigenvalue weighted by Gasteiger charge is 2.16. The van der Waals surface area contributed by atoms with Crippen LogP contribution in [0, 0.1) is 34.6 Å². The lowest BCUT2D eigenvalue weighted by molar-refractivity contribution is 1.08. The van der Waals surface area contributed by atoms with Crippen LogP contribution in [-0.2, 0) is 0 Å². The first-order chi connectivity index (χ1) is 9.40. The monoisotopic (exact) mass is 330 g/mol. The maximum absolute atomic E-state index is 4.68. The van der Waals surface area contributed by atoms with Gasteiger partial charge in [-0.15, -0.1) is 0 Å². The van der Waals surface area contributed by atoms with E-state index in [1.54, 1.807) is 0 Å². The standard InChI is InChI=1S/C15H15BrN4/c1-6-12-14(19-9(4)7(2)17-12)11(16)15-13(6)18-8(3)10(5)20-15/h1-5H3. The molecule has 2 heterocycles. The zero-order chi connectivity index (χ0) is 14.6. The van der Waals surface area contributed by atoms with E-state index in [9.17, 15) is 0 Å². The first-order valence-corrected chi connectivity index (χ1v) is 7.27. The minimum absolute atomic E-state index is 0.857. The van der Waals surface area contributed by atoms with E-state index in [-0.39, 0.29) is 0 Å². The van der Waals surface area contributed by atoms with Crippen LogP contribution in [0.25, 0.3) is 22.1 Å². The lowest BCUT2D eigenvalue weighted by Crippen LogP contribution is -2.01. The Morgan fingerprint density at radius 2 is 0.850 bits per heavy atom. The Labute approximate surface area is 125 Å². The van der Waals surface area contributed by atoms with Crippen LogP contribution in [0.4, 0.5) is 0 Å². The number of hydrogen-bond donors (Lipinski definition) is 0. The summed E-state index contributed by atoms with van der Waals surface area (Å²) < 4.78 is 0.874. The predicted octanol–water partition coefficient (Wildman–Crippen LogP) is 3.88. The van der Waals surface area contributed by atoms with Crippen molar-refractivity contribution in [2.24, 2.45) is 0 Å². The molecular weight excluding hydrogens is 316 g/mol. The normalized spacial score (nSPS) is 11.5. The molecule has 0 aliphatic heterocycles. The Hall–Kier alpha value is -1.62. The largest absolute Gasteiger partial charge is 0.249 e. The van der Waals surface area contributed by atoms with Crippen molar-refractivity contribution < 1.29 is 0 Å². The lowest BCUT2D eigenvalue weighted by Gasteiger charge is -2.11. The van der Waals surface area contributed by atoms with Gasteiger partial charge in [-0.3, -0.25) is 0 Å². The SMILES string of the molecule is Cc1nc2c(C)c3nc(C)c(C)nc3c(Br)c2nc1C. The van der Waals surface area contributed by atoms with E-state index in [0.29, 0.717) is 0 Å². The van der Waals surface area contributed by atoms with E-state index in [4.69, 9.17) is 0 Å². The number of fused-ring (bicyclic) bond motifs is 2. The number of aromatic nitrogens is 4. The van der Waals surface area contributed by atoms with Gasteiger partial charge in [0, 0.05) is 5.56 Å². The van der Waals surface area contributed by atoms with Crippen molar-refractivity contribution in [3.8, 4) is 0 Å². The van der Waals surface area contributed by atoms with E-state index in [1.165, 1.54) is 0 Å². The van der Waals surface area contributed by atoms with E-state index in [2.05, 4.69) is 35.9 Å². The Morgan fingerprint density at radius 1 is 0.550 bits per heavy atom. The van der Waals surface area contributed by atoms with Gasteiger partial charge < -0.3 is 0 Å². The van der Waals surface area contributed by atoms with Gasteiger partial charge >= 0.3 is 0 Å². The third-order valence-corrected chi connectivity index (χ3v) is 4.49. The fraction of sp³-hybridized carbons (Fsp3) is 0.333. The molecule has 20 heavy (non-hydrogen) atoms. The molecule has 0 unspecified atom stereocenters. The van der Waals surface area contributed by atoms with Gasteiger partial charge in [0.1, 0.15) is 11.0 Å². The molecule has 0 N–H and O–H groups in total. The van der Waals surface area contributed by atoms with Gasteiger partial charge in [-0.05, 0) is 50.5 Å². The molecule has 102 valence electrons. The van der Waals surface area contributed by atoms with Crippen LogP contribution < -0.4 is 0 Å². The molecule has 0 aliphatic rings. The number of nitrogens with zero attached hydrogens (tertiary/aromatic N) is 4. The molecule has 0 fully saturated rings. The van der Waals surface area contributed by atoms with E-state index in [1.807, 2.05) is 34.6 Å². The number of rotatable bonds is 0. The Kier molecular flexibility index (Phi) is 2.97. The molecule has 0 bridgehead atoms. The predicted molar refractivity (Wildman–Crippen MR) is 84.0 cm³/mol. The lowest BCUT2D eigenvalue weighted by atomic mass is 10.1. The molecule has 0 spiro atoms. The minimum Gasteiger partial charge on any atom is -0.249 e. The molecule has 4 nitrogen and oxygen atoms in total. The number of benzene rings is 1.